The lowest BCUT2D eigenvalue weighted by molar-refractivity contribution is 0.0243. The zero-order valence-corrected chi connectivity index (χ0v) is 6.36. The van der Waals surface area contributed by atoms with Gasteiger partial charge in [0.2, 0.25) is 0 Å². The lowest BCUT2D eigenvalue weighted by Gasteiger charge is -2.21. The molecule has 0 spiro atoms. The van der Waals surface area contributed by atoms with Crippen molar-refractivity contribution in [2.45, 2.75) is 19.1 Å². The van der Waals surface area contributed by atoms with Crippen LogP contribution in [0.25, 0.3) is 0 Å². The van der Waals surface area contributed by atoms with Crippen LogP contribution in [-0.4, -0.2) is 31.5 Å². The molecule has 0 saturated carbocycles. The molecular weight excluding hydrogens is 116 g/mol. The number of rotatable bonds is 4. The molecule has 0 bridgehead atoms. The maximum absolute atomic E-state index is 9.30. The van der Waals surface area contributed by atoms with Gasteiger partial charge in [-0.05, 0) is 27.6 Å². The molecule has 9 heavy (non-hydrogen) atoms. The Labute approximate surface area is 56.5 Å². The van der Waals surface area contributed by atoms with Crippen LogP contribution in [0.4, 0.5) is 0 Å². The van der Waals surface area contributed by atoms with Gasteiger partial charge in [-0.15, -0.1) is 0 Å². The molecule has 0 aliphatic heterocycles. The van der Waals surface area contributed by atoms with E-state index in [1.54, 1.807) is 14.0 Å². The van der Waals surface area contributed by atoms with Gasteiger partial charge in [-0.1, -0.05) is 0 Å². The predicted molar refractivity (Wildman–Crippen MR) is 38.2 cm³/mol. The van der Waals surface area contributed by atoms with Gasteiger partial charge < -0.3 is 10.4 Å². The number of hydrogen-bond acceptors (Lipinski definition) is 3. The molecule has 3 nitrogen and oxygen atoms in total. The summed E-state index contributed by atoms with van der Waals surface area (Å²) in [7, 11) is 3.61. The Morgan fingerprint density at radius 1 is 1.44 bits per heavy atom. The molecule has 0 aromatic rings. The summed E-state index contributed by atoms with van der Waals surface area (Å²) in [4.78, 5) is 0. The summed E-state index contributed by atoms with van der Waals surface area (Å²) >= 11 is 0. The zero-order valence-electron chi connectivity index (χ0n) is 6.36. The molecule has 56 valence electrons. The molecule has 0 saturated heterocycles. The third kappa shape index (κ3) is 4.39. The van der Waals surface area contributed by atoms with Gasteiger partial charge in [-0.2, -0.15) is 0 Å². The van der Waals surface area contributed by atoms with E-state index in [4.69, 9.17) is 0 Å². The fourth-order valence-corrected chi connectivity index (χ4v) is 0.493. The number of nitrogens with one attached hydrogen (secondary N) is 2. The first kappa shape index (κ1) is 8.88. The molecule has 1 atom stereocenters. The van der Waals surface area contributed by atoms with Crippen LogP contribution in [-0.2, 0) is 0 Å². The first-order chi connectivity index (χ1) is 4.12. The summed E-state index contributed by atoms with van der Waals surface area (Å²) in [6, 6.07) is 0. The molecule has 3 N–H and O–H groups in total. The summed E-state index contributed by atoms with van der Waals surface area (Å²) in [5.74, 6) is 0. The molecule has 0 aromatic carbocycles. The Hall–Kier alpha value is -0.120. The number of hydrogen-bond donors (Lipinski definition) is 3. The Morgan fingerprint density at radius 3 is 2.33 bits per heavy atom. The second kappa shape index (κ2) is 3.82. The lowest BCUT2D eigenvalue weighted by atomic mass is 10.2. The Kier molecular flexibility index (Phi) is 3.77. The third-order valence-electron chi connectivity index (χ3n) is 1.40. The molecular formula is C6H16N2O. The molecule has 0 aliphatic carbocycles. The van der Waals surface area contributed by atoms with Crippen molar-refractivity contribution >= 4 is 0 Å². The molecule has 0 rings (SSSR count). The van der Waals surface area contributed by atoms with Crippen LogP contribution in [0.1, 0.15) is 13.3 Å². The van der Waals surface area contributed by atoms with Gasteiger partial charge in [0, 0.05) is 6.42 Å². The molecule has 0 aliphatic rings. The largest absolute Gasteiger partial charge is 0.376 e. The van der Waals surface area contributed by atoms with Crippen molar-refractivity contribution in [1.29, 1.82) is 0 Å². The van der Waals surface area contributed by atoms with Gasteiger partial charge in [-0.25, -0.2) is 0 Å². The molecule has 3 heteroatoms. The highest BCUT2D eigenvalue weighted by molar-refractivity contribution is 4.66. The highest BCUT2D eigenvalue weighted by Crippen LogP contribution is 2.00. The molecule has 0 fully saturated rings. The first-order valence-corrected chi connectivity index (χ1v) is 3.18. The van der Waals surface area contributed by atoms with E-state index in [1.807, 2.05) is 7.05 Å². The standard InChI is InChI=1S/C6H16N2O/c1-6(9,8-3)4-5-7-2/h7-9H,4-5H2,1-3H3. The molecule has 0 radical (unpaired) electrons. The fourth-order valence-electron chi connectivity index (χ4n) is 0.493. The summed E-state index contributed by atoms with van der Waals surface area (Å²) in [5, 5.41) is 15.1. The first-order valence-electron chi connectivity index (χ1n) is 3.18. The average molecular weight is 132 g/mol. The van der Waals surface area contributed by atoms with E-state index in [-0.39, 0.29) is 0 Å². The van der Waals surface area contributed by atoms with Crippen LogP contribution < -0.4 is 10.6 Å². The highest BCUT2D eigenvalue weighted by atomic mass is 16.3. The van der Waals surface area contributed by atoms with Crippen molar-refractivity contribution < 1.29 is 5.11 Å². The summed E-state index contributed by atoms with van der Waals surface area (Å²) in [6.45, 7) is 2.58. The van der Waals surface area contributed by atoms with E-state index in [1.165, 1.54) is 0 Å². The fraction of sp³-hybridized carbons (Fsp3) is 1.00. The van der Waals surface area contributed by atoms with Crippen LogP contribution in [0.15, 0.2) is 0 Å². The topological polar surface area (TPSA) is 44.3 Å². The smallest absolute Gasteiger partial charge is 0.114 e. The van der Waals surface area contributed by atoms with Crippen LogP contribution in [0.3, 0.4) is 0 Å². The second-order valence-electron chi connectivity index (χ2n) is 2.38. The van der Waals surface area contributed by atoms with E-state index >= 15 is 0 Å². The van der Waals surface area contributed by atoms with Crippen molar-refractivity contribution in [2.24, 2.45) is 0 Å². The molecule has 1 unspecified atom stereocenters. The predicted octanol–water partition coefficient (Wildman–Crippen LogP) is -0.476. The SMILES string of the molecule is CNCCC(C)(O)NC. The van der Waals surface area contributed by atoms with Gasteiger partial charge in [0.15, 0.2) is 0 Å². The van der Waals surface area contributed by atoms with Gasteiger partial charge in [-0.3, -0.25) is 5.32 Å². The Balaban J connectivity index is 3.33. The molecule has 0 aromatic heterocycles. The van der Waals surface area contributed by atoms with Crippen LogP contribution in [0.5, 0.6) is 0 Å². The van der Waals surface area contributed by atoms with Crippen molar-refractivity contribution in [3.8, 4) is 0 Å². The highest BCUT2D eigenvalue weighted by Gasteiger charge is 2.14. The van der Waals surface area contributed by atoms with Gasteiger partial charge in [0.1, 0.15) is 5.72 Å². The van der Waals surface area contributed by atoms with Crippen molar-refractivity contribution in [2.75, 3.05) is 20.6 Å². The van der Waals surface area contributed by atoms with E-state index < -0.39 is 5.72 Å². The normalized spacial score (nSPS) is 17.3. The van der Waals surface area contributed by atoms with E-state index in [2.05, 4.69) is 10.6 Å². The monoisotopic (exact) mass is 132 g/mol. The third-order valence-corrected chi connectivity index (χ3v) is 1.40. The van der Waals surface area contributed by atoms with E-state index in [0.717, 1.165) is 13.0 Å². The summed E-state index contributed by atoms with van der Waals surface area (Å²) in [6.07, 6.45) is 0.722. The number of aliphatic hydroxyl groups is 1. The molecule has 0 amide bonds. The summed E-state index contributed by atoms with van der Waals surface area (Å²) in [5.41, 5.74) is -0.719. The van der Waals surface area contributed by atoms with Crippen molar-refractivity contribution in [3.05, 3.63) is 0 Å². The second-order valence-corrected chi connectivity index (χ2v) is 2.38. The minimum Gasteiger partial charge on any atom is -0.376 e. The maximum atomic E-state index is 9.30. The maximum Gasteiger partial charge on any atom is 0.114 e. The quantitative estimate of drug-likeness (QED) is 0.453. The van der Waals surface area contributed by atoms with Crippen LogP contribution >= 0.6 is 0 Å². The minimum atomic E-state index is -0.719. The lowest BCUT2D eigenvalue weighted by Crippen LogP contribution is -2.41. The average Bonchev–Trinajstić information content (AvgIpc) is 1.84. The zero-order chi connectivity index (χ0) is 7.33. The Bertz CT molecular complexity index is 73.5. The Morgan fingerprint density at radius 2 is 2.00 bits per heavy atom. The molecule has 0 heterocycles. The van der Waals surface area contributed by atoms with Gasteiger partial charge in [0.25, 0.3) is 0 Å². The van der Waals surface area contributed by atoms with Crippen LogP contribution in [0, 0.1) is 0 Å². The van der Waals surface area contributed by atoms with Gasteiger partial charge in [0.05, 0.1) is 0 Å². The van der Waals surface area contributed by atoms with E-state index in [0.29, 0.717) is 0 Å². The van der Waals surface area contributed by atoms with Crippen molar-refractivity contribution in [3.63, 3.8) is 0 Å². The summed E-state index contributed by atoms with van der Waals surface area (Å²) < 4.78 is 0. The van der Waals surface area contributed by atoms with E-state index in [9.17, 15) is 5.11 Å². The van der Waals surface area contributed by atoms with Crippen LogP contribution in [0.2, 0.25) is 0 Å². The van der Waals surface area contributed by atoms with Gasteiger partial charge >= 0.3 is 0 Å². The van der Waals surface area contributed by atoms with Crippen molar-refractivity contribution in [1.82, 2.24) is 10.6 Å². The minimum absolute atomic E-state index is 0.719.